The zero-order valence-corrected chi connectivity index (χ0v) is 20.2. The summed E-state index contributed by atoms with van der Waals surface area (Å²) in [6.07, 6.45) is 1.22. The van der Waals surface area contributed by atoms with Crippen LogP contribution in [0.4, 0.5) is 9.80 Å². The van der Waals surface area contributed by atoms with Crippen LogP contribution in [-0.4, -0.2) is 51.8 Å². The van der Waals surface area contributed by atoms with Crippen molar-refractivity contribution in [2.75, 3.05) is 25.2 Å². The van der Waals surface area contributed by atoms with E-state index in [0.717, 1.165) is 0 Å². The topological polar surface area (TPSA) is 76.1 Å². The minimum Gasteiger partial charge on any atom is -0.469 e. The Hall–Kier alpha value is -1.48. The van der Waals surface area contributed by atoms with Gasteiger partial charge < -0.3 is 23.6 Å². The van der Waals surface area contributed by atoms with Crippen LogP contribution >= 0.6 is 11.6 Å². The first-order valence-electron chi connectivity index (χ1n) is 10.7. The lowest BCUT2D eigenvalue weighted by Crippen LogP contribution is -2.45. The van der Waals surface area contributed by atoms with E-state index in [2.05, 4.69) is 4.74 Å². The summed E-state index contributed by atoms with van der Waals surface area (Å²) in [5.41, 5.74) is -0.381. The third-order valence-corrected chi connectivity index (χ3v) is 9.27. The zero-order valence-electron chi connectivity index (χ0n) is 18.5. The number of methoxy groups -OCH3 is 1. The highest BCUT2D eigenvalue weighted by Crippen LogP contribution is 2.60. The third-order valence-electron chi connectivity index (χ3n) is 6.58. The highest BCUT2D eigenvalue weighted by Gasteiger charge is 2.66. The number of unbranched alkanes of at least 4 members (excludes halogenated alkanes) is 1. The average molecular weight is 472 g/mol. The number of rotatable bonds is 8. The first kappa shape index (κ1) is 24.2. The van der Waals surface area contributed by atoms with Crippen LogP contribution in [0.2, 0.25) is 23.7 Å². The molecule has 0 radical (unpaired) electrons. The molecule has 1 spiro atoms. The van der Waals surface area contributed by atoms with E-state index >= 15 is 4.11 Å². The summed E-state index contributed by atoms with van der Waals surface area (Å²) in [6.45, 7) is 5.41. The molecule has 1 saturated heterocycles. The van der Waals surface area contributed by atoms with E-state index in [0.29, 0.717) is 35.7 Å². The quantitative estimate of drug-likeness (QED) is 0.266. The van der Waals surface area contributed by atoms with Gasteiger partial charge in [0.1, 0.15) is 0 Å². The summed E-state index contributed by atoms with van der Waals surface area (Å²) in [7, 11) is -1.86. The maximum atomic E-state index is 15.4. The number of nitrogens with zero attached hydrogens (tertiary/aromatic N) is 1. The summed E-state index contributed by atoms with van der Waals surface area (Å²) in [5, 5.41) is 10.0. The van der Waals surface area contributed by atoms with Crippen LogP contribution in [0.3, 0.4) is 0 Å². The Morgan fingerprint density at radius 3 is 2.71 bits per heavy atom. The lowest BCUT2D eigenvalue weighted by atomic mass is 9.82. The van der Waals surface area contributed by atoms with Gasteiger partial charge in [-0.3, -0.25) is 9.59 Å². The molecule has 0 bridgehead atoms. The van der Waals surface area contributed by atoms with Crippen LogP contribution in [0.1, 0.15) is 38.2 Å². The fourth-order valence-corrected chi connectivity index (χ4v) is 7.99. The number of amides is 1. The largest absolute Gasteiger partial charge is 0.469 e. The van der Waals surface area contributed by atoms with Crippen molar-refractivity contribution < 1.29 is 28.3 Å². The Balaban J connectivity index is 1.96. The average Bonchev–Trinajstić information content (AvgIpc) is 3.12. The third kappa shape index (κ3) is 4.27. The molecule has 1 N–H and O–H groups in total. The van der Waals surface area contributed by atoms with Gasteiger partial charge >= 0.3 is 5.97 Å². The predicted octanol–water partition coefficient (Wildman–Crippen LogP) is 4.19. The predicted molar refractivity (Wildman–Crippen MR) is 119 cm³/mol. The van der Waals surface area contributed by atoms with E-state index in [1.807, 2.05) is 6.92 Å². The number of halogens is 2. The van der Waals surface area contributed by atoms with E-state index in [1.54, 1.807) is 36.2 Å². The van der Waals surface area contributed by atoms with Crippen molar-refractivity contribution in [3.05, 3.63) is 28.8 Å². The van der Waals surface area contributed by atoms with Gasteiger partial charge in [0.05, 0.1) is 18.9 Å². The number of aliphatic hydroxyl groups excluding tert-OH is 1. The molecule has 1 fully saturated rings. The van der Waals surface area contributed by atoms with Gasteiger partial charge in [0, 0.05) is 41.6 Å². The number of ether oxygens (including phenoxy) is 2. The molecule has 3 rings (SSSR count). The summed E-state index contributed by atoms with van der Waals surface area (Å²) < 4.78 is 26.4. The van der Waals surface area contributed by atoms with E-state index in [-0.39, 0.29) is 31.3 Å². The molecular weight excluding hydrogens is 441 g/mol. The molecule has 1 aromatic rings. The Kier molecular flexibility index (Phi) is 7.15. The summed E-state index contributed by atoms with van der Waals surface area (Å²) in [6, 6.07) is 5.27. The summed E-state index contributed by atoms with van der Waals surface area (Å²) in [5.74, 6) is -0.909. The molecule has 1 aromatic carbocycles. The molecule has 4 atom stereocenters. The number of esters is 1. The molecule has 0 unspecified atom stereocenters. The smallest absolute Gasteiger partial charge is 0.305 e. The second-order valence-electron chi connectivity index (χ2n) is 8.93. The Morgan fingerprint density at radius 2 is 2.10 bits per heavy atom. The molecule has 0 aliphatic carbocycles. The number of anilines is 1. The second kappa shape index (κ2) is 9.17. The minimum atomic E-state index is -3.21. The maximum Gasteiger partial charge on any atom is 0.305 e. The Labute approximate surface area is 188 Å². The Morgan fingerprint density at radius 1 is 1.39 bits per heavy atom. The van der Waals surface area contributed by atoms with E-state index in [9.17, 15) is 14.7 Å². The number of aliphatic hydroxyl groups is 1. The molecule has 31 heavy (non-hydrogen) atoms. The van der Waals surface area contributed by atoms with Gasteiger partial charge in [-0.2, -0.15) is 0 Å². The van der Waals surface area contributed by atoms with Gasteiger partial charge in [0.15, 0.2) is 5.60 Å². The first-order valence-corrected chi connectivity index (χ1v) is 14.1. The zero-order chi connectivity index (χ0) is 23.0. The highest BCUT2D eigenvalue weighted by atomic mass is 35.5. The normalized spacial score (nSPS) is 27.8. The second-order valence-corrected chi connectivity index (χ2v) is 13.2. The molecule has 2 heterocycles. The lowest BCUT2D eigenvalue weighted by molar-refractivity contribution is -0.146. The summed E-state index contributed by atoms with van der Waals surface area (Å²) in [4.78, 5) is 26.9. The number of hydrogen-bond acceptors (Lipinski definition) is 5. The molecule has 2 aliphatic heterocycles. The van der Waals surface area contributed by atoms with Gasteiger partial charge in [0.25, 0.3) is 5.91 Å². The van der Waals surface area contributed by atoms with Crippen LogP contribution in [0.5, 0.6) is 0 Å². The fourth-order valence-electron chi connectivity index (χ4n) is 5.28. The van der Waals surface area contributed by atoms with Crippen LogP contribution < -0.4 is 4.90 Å². The number of hydrogen-bond donors (Lipinski definition) is 1. The maximum absolute atomic E-state index is 15.4. The minimum absolute atomic E-state index is 0.137. The number of carbonyl (C=O) groups is 2. The SMILES string of the molecule is COC(=O)CCCCN1C(=O)[C@@]2(O[C@@H](CCO)[C@H]([Si](C)(C)F)[C@H]2C)c2cc(Cl)ccc21. The standard InChI is InChI=1S/C22H31ClFNO5Si/c1-14-20(31(3,4)24)18(10-12-26)30-22(14)16-13-15(23)8-9-17(16)25(21(22)28)11-6-5-7-19(27)29-2/h8-9,13-14,18,20,26H,5-7,10-12H2,1-4H3/t14-,18+,20-,22+/m1/s1. The van der Waals surface area contributed by atoms with Crippen molar-refractivity contribution >= 4 is 37.6 Å². The number of fused-ring (bicyclic) bond motifs is 2. The fraction of sp³-hybridized carbons (Fsp3) is 0.636. The molecule has 2 aliphatic rings. The van der Waals surface area contributed by atoms with Gasteiger partial charge in [-0.05, 0) is 50.6 Å². The highest BCUT2D eigenvalue weighted by molar-refractivity contribution is 6.72. The molecule has 9 heteroatoms. The molecule has 0 saturated carbocycles. The van der Waals surface area contributed by atoms with Crippen LogP contribution in [0, 0.1) is 5.92 Å². The van der Waals surface area contributed by atoms with Crippen molar-refractivity contribution in [3.8, 4) is 0 Å². The van der Waals surface area contributed by atoms with E-state index in [1.165, 1.54) is 7.11 Å². The van der Waals surface area contributed by atoms with Crippen molar-refractivity contribution in [2.24, 2.45) is 5.92 Å². The molecule has 1 amide bonds. The van der Waals surface area contributed by atoms with E-state index < -0.39 is 31.6 Å². The lowest BCUT2D eigenvalue weighted by Gasteiger charge is -2.31. The van der Waals surface area contributed by atoms with Crippen LogP contribution in [0.25, 0.3) is 0 Å². The van der Waals surface area contributed by atoms with Gasteiger partial charge in [0.2, 0.25) is 8.41 Å². The van der Waals surface area contributed by atoms with Crippen molar-refractivity contribution in [1.82, 2.24) is 0 Å². The molecule has 6 nitrogen and oxygen atoms in total. The van der Waals surface area contributed by atoms with Crippen molar-refractivity contribution in [2.45, 2.75) is 62.9 Å². The van der Waals surface area contributed by atoms with Crippen molar-refractivity contribution in [3.63, 3.8) is 0 Å². The Bertz CT molecular complexity index is 848. The van der Waals surface area contributed by atoms with Gasteiger partial charge in [-0.25, -0.2) is 0 Å². The number of carbonyl (C=O) groups excluding carboxylic acids is 2. The van der Waals surface area contributed by atoms with E-state index in [4.69, 9.17) is 16.3 Å². The monoisotopic (exact) mass is 471 g/mol. The van der Waals surface area contributed by atoms with Gasteiger partial charge in [-0.1, -0.05) is 18.5 Å². The van der Waals surface area contributed by atoms with Crippen LogP contribution in [-0.2, 0) is 24.7 Å². The molecule has 0 aromatic heterocycles. The molecule has 172 valence electrons. The van der Waals surface area contributed by atoms with Crippen molar-refractivity contribution in [1.29, 1.82) is 0 Å². The van der Waals surface area contributed by atoms with Crippen LogP contribution in [0.15, 0.2) is 18.2 Å². The summed E-state index contributed by atoms with van der Waals surface area (Å²) >= 11 is 6.29. The number of benzene rings is 1. The first-order chi connectivity index (χ1) is 14.6. The van der Waals surface area contributed by atoms with Gasteiger partial charge in [-0.15, -0.1) is 0 Å². The molecular formula is C22H31ClFNO5Si.